The fourth-order valence-corrected chi connectivity index (χ4v) is 3.54. The summed E-state index contributed by atoms with van der Waals surface area (Å²) < 4.78 is 10.3. The molecule has 2 heterocycles. The number of ether oxygens (including phenoxy) is 2. The Hall–Kier alpha value is -1.88. The van der Waals surface area contributed by atoms with Gasteiger partial charge in [0, 0.05) is 24.9 Å². The summed E-state index contributed by atoms with van der Waals surface area (Å²) >= 11 is 0. The molecular formula is C17H21NO4. The Morgan fingerprint density at radius 3 is 2.00 bits per heavy atom. The van der Waals surface area contributed by atoms with Gasteiger partial charge in [0.2, 0.25) is 0 Å². The predicted octanol–water partition coefficient (Wildman–Crippen LogP) is 2.26. The fraction of sp³-hybridized carbons (Fsp3) is 0.529. The van der Waals surface area contributed by atoms with Crippen LogP contribution in [0.15, 0.2) is 24.3 Å². The van der Waals surface area contributed by atoms with Gasteiger partial charge in [-0.2, -0.15) is 0 Å². The second-order valence-corrected chi connectivity index (χ2v) is 6.12. The topological polar surface area (TPSA) is 55.8 Å². The fourth-order valence-electron chi connectivity index (χ4n) is 3.54. The normalized spacial score (nSPS) is 27.5. The molecule has 118 valence electrons. The van der Waals surface area contributed by atoms with E-state index in [0.29, 0.717) is 23.2 Å². The van der Waals surface area contributed by atoms with Crippen molar-refractivity contribution in [2.45, 2.75) is 43.9 Å². The van der Waals surface area contributed by atoms with Crippen molar-refractivity contribution in [3.8, 4) is 0 Å². The summed E-state index contributed by atoms with van der Waals surface area (Å²) in [4.78, 5) is 26.0. The van der Waals surface area contributed by atoms with E-state index in [1.165, 1.54) is 20.0 Å². The van der Waals surface area contributed by atoms with Gasteiger partial charge in [-0.15, -0.1) is 0 Å². The van der Waals surface area contributed by atoms with Gasteiger partial charge in [-0.1, -0.05) is 0 Å². The first kappa shape index (κ1) is 15.0. The highest BCUT2D eigenvalue weighted by atomic mass is 16.5. The van der Waals surface area contributed by atoms with Crippen molar-refractivity contribution in [1.82, 2.24) is 4.90 Å². The standard InChI is InChI=1S/C17H21NO4/c1-18-13-7-8-14(18)10-15(9-13)22-17(20)12-5-3-11(4-6-12)16(19)21-2/h3-6,13-15H,7-10H2,1-2H3/t13-,14+,15?. The number of nitrogens with zero attached hydrogens (tertiary/aromatic N) is 1. The lowest BCUT2D eigenvalue weighted by Crippen LogP contribution is -2.43. The molecule has 3 atom stereocenters. The lowest BCUT2D eigenvalue weighted by molar-refractivity contribution is -0.000475. The summed E-state index contributed by atoms with van der Waals surface area (Å²) in [6.45, 7) is 0. The van der Waals surface area contributed by atoms with E-state index in [0.717, 1.165) is 12.8 Å². The molecule has 0 aromatic heterocycles. The molecule has 3 rings (SSSR count). The summed E-state index contributed by atoms with van der Waals surface area (Å²) in [6, 6.07) is 7.47. The maximum absolute atomic E-state index is 12.2. The van der Waals surface area contributed by atoms with Gasteiger partial charge >= 0.3 is 11.9 Å². The third-order valence-electron chi connectivity index (χ3n) is 4.87. The third kappa shape index (κ3) is 2.86. The minimum Gasteiger partial charge on any atom is -0.465 e. The highest BCUT2D eigenvalue weighted by Gasteiger charge is 2.39. The Balaban J connectivity index is 1.61. The molecule has 2 aliphatic heterocycles. The summed E-state index contributed by atoms with van der Waals surface area (Å²) in [5.41, 5.74) is 0.898. The quantitative estimate of drug-likeness (QED) is 0.802. The summed E-state index contributed by atoms with van der Waals surface area (Å²) in [5, 5.41) is 0. The van der Waals surface area contributed by atoms with Crippen LogP contribution in [0.5, 0.6) is 0 Å². The molecule has 2 saturated heterocycles. The lowest BCUT2D eigenvalue weighted by Gasteiger charge is -2.35. The van der Waals surface area contributed by atoms with Crippen molar-refractivity contribution in [2.75, 3.05) is 14.2 Å². The van der Waals surface area contributed by atoms with E-state index in [1.807, 2.05) is 0 Å². The van der Waals surface area contributed by atoms with Gasteiger partial charge in [0.25, 0.3) is 0 Å². The zero-order valence-corrected chi connectivity index (χ0v) is 13.0. The van der Waals surface area contributed by atoms with Crippen molar-refractivity contribution in [3.63, 3.8) is 0 Å². The number of esters is 2. The average Bonchev–Trinajstić information content (AvgIpc) is 2.76. The van der Waals surface area contributed by atoms with Crippen LogP contribution in [0.25, 0.3) is 0 Å². The van der Waals surface area contributed by atoms with Crippen LogP contribution in [-0.4, -0.2) is 49.2 Å². The first-order valence-electron chi connectivity index (χ1n) is 7.69. The Kier molecular flexibility index (Phi) is 4.16. The number of methoxy groups -OCH3 is 1. The molecule has 1 aromatic carbocycles. The van der Waals surface area contributed by atoms with Crippen LogP contribution < -0.4 is 0 Å². The molecule has 2 fully saturated rings. The van der Waals surface area contributed by atoms with E-state index in [2.05, 4.69) is 16.7 Å². The van der Waals surface area contributed by atoms with E-state index >= 15 is 0 Å². The summed E-state index contributed by atoms with van der Waals surface area (Å²) in [5.74, 6) is -0.725. The van der Waals surface area contributed by atoms with E-state index in [9.17, 15) is 9.59 Å². The van der Waals surface area contributed by atoms with E-state index < -0.39 is 5.97 Å². The first-order chi connectivity index (χ1) is 10.6. The maximum atomic E-state index is 12.2. The van der Waals surface area contributed by atoms with Crippen molar-refractivity contribution in [1.29, 1.82) is 0 Å². The molecular weight excluding hydrogens is 282 g/mol. The molecule has 2 bridgehead atoms. The van der Waals surface area contributed by atoms with Gasteiger partial charge in [0.15, 0.2) is 0 Å². The van der Waals surface area contributed by atoms with Crippen LogP contribution in [0.3, 0.4) is 0 Å². The Bertz CT molecular complexity index is 555. The minimum atomic E-state index is -0.410. The number of fused-ring (bicyclic) bond motifs is 2. The molecule has 5 nitrogen and oxygen atoms in total. The average molecular weight is 303 g/mol. The Morgan fingerprint density at radius 1 is 1.00 bits per heavy atom. The van der Waals surface area contributed by atoms with Crippen LogP contribution >= 0.6 is 0 Å². The largest absolute Gasteiger partial charge is 0.465 e. The molecule has 0 amide bonds. The van der Waals surface area contributed by atoms with Crippen LogP contribution in [0.4, 0.5) is 0 Å². The molecule has 5 heteroatoms. The van der Waals surface area contributed by atoms with E-state index in [-0.39, 0.29) is 12.1 Å². The summed E-state index contributed by atoms with van der Waals surface area (Å²) in [7, 11) is 3.49. The smallest absolute Gasteiger partial charge is 0.338 e. The van der Waals surface area contributed by atoms with Crippen LogP contribution in [0.2, 0.25) is 0 Å². The number of hydrogen-bond acceptors (Lipinski definition) is 5. The van der Waals surface area contributed by atoms with Gasteiger partial charge in [-0.25, -0.2) is 9.59 Å². The Morgan fingerprint density at radius 2 is 1.50 bits per heavy atom. The number of rotatable bonds is 3. The Labute approximate surface area is 130 Å². The zero-order chi connectivity index (χ0) is 15.7. The molecule has 0 N–H and O–H groups in total. The van der Waals surface area contributed by atoms with Gasteiger partial charge in [0.05, 0.1) is 18.2 Å². The highest BCUT2D eigenvalue weighted by molar-refractivity contribution is 5.93. The SMILES string of the molecule is COC(=O)c1ccc(C(=O)OC2C[C@H]3CC[C@@H](C2)N3C)cc1. The molecule has 2 aliphatic rings. The van der Waals surface area contributed by atoms with Crippen LogP contribution in [-0.2, 0) is 9.47 Å². The number of carbonyl (C=O) groups excluding carboxylic acids is 2. The van der Waals surface area contributed by atoms with Crippen molar-refractivity contribution < 1.29 is 19.1 Å². The van der Waals surface area contributed by atoms with Crippen molar-refractivity contribution in [2.24, 2.45) is 0 Å². The molecule has 0 aliphatic carbocycles. The zero-order valence-electron chi connectivity index (χ0n) is 13.0. The predicted molar refractivity (Wildman–Crippen MR) is 80.8 cm³/mol. The first-order valence-corrected chi connectivity index (χ1v) is 7.69. The number of carbonyl (C=O) groups is 2. The second-order valence-electron chi connectivity index (χ2n) is 6.12. The van der Waals surface area contributed by atoms with Gasteiger partial charge < -0.3 is 14.4 Å². The van der Waals surface area contributed by atoms with E-state index in [1.54, 1.807) is 24.3 Å². The van der Waals surface area contributed by atoms with Gasteiger partial charge in [-0.3, -0.25) is 0 Å². The molecule has 0 spiro atoms. The lowest BCUT2D eigenvalue weighted by atomic mass is 10.0. The highest BCUT2D eigenvalue weighted by Crippen LogP contribution is 2.35. The molecule has 22 heavy (non-hydrogen) atoms. The molecule has 1 unspecified atom stereocenters. The summed E-state index contributed by atoms with van der Waals surface area (Å²) in [6.07, 6.45) is 4.23. The van der Waals surface area contributed by atoms with Crippen molar-refractivity contribution in [3.05, 3.63) is 35.4 Å². The maximum Gasteiger partial charge on any atom is 0.338 e. The van der Waals surface area contributed by atoms with Gasteiger partial charge in [-0.05, 0) is 44.2 Å². The second kappa shape index (κ2) is 6.08. The number of piperidine rings is 1. The molecule has 0 saturated carbocycles. The monoisotopic (exact) mass is 303 g/mol. The third-order valence-corrected chi connectivity index (χ3v) is 4.87. The van der Waals surface area contributed by atoms with Crippen LogP contribution in [0, 0.1) is 0 Å². The van der Waals surface area contributed by atoms with E-state index in [4.69, 9.17) is 4.74 Å². The molecule has 0 radical (unpaired) electrons. The minimum absolute atomic E-state index is 0.00137. The van der Waals surface area contributed by atoms with Gasteiger partial charge in [0.1, 0.15) is 6.10 Å². The van der Waals surface area contributed by atoms with Crippen LogP contribution in [0.1, 0.15) is 46.4 Å². The number of hydrogen-bond donors (Lipinski definition) is 0. The van der Waals surface area contributed by atoms with Crippen molar-refractivity contribution >= 4 is 11.9 Å². The number of benzene rings is 1. The molecule has 1 aromatic rings.